The van der Waals surface area contributed by atoms with E-state index < -0.39 is 0 Å². The Hall–Kier alpha value is -2.22. The van der Waals surface area contributed by atoms with Crippen molar-refractivity contribution < 1.29 is 0 Å². The minimum Gasteiger partial charge on any atom is -0.264 e. The number of benzene rings is 1. The van der Waals surface area contributed by atoms with Crippen molar-refractivity contribution in [3.05, 3.63) is 71.3 Å². The van der Waals surface area contributed by atoms with Crippen LogP contribution in [0.15, 0.2) is 48.9 Å². The monoisotopic (exact) mass is 248 g/mol. The van der Waals surface area contributed by atoms with Crippen LogP contribution in [0.2, 0.25) is 0 Å². The average molecular weight is 248 g/mol. The van der Waals surface area contributed by atoms with Gasteiger partial charge < -0.3 is 0 Å². The highest BCUT2D eigenvalue weighted by atomic mass is 14.7. The van der Waals surface area contributed by atoms with Gasteiger partial charge >= 0.3 is 0 Å². The number of aryl methyl sites for hydroxylation is 2. The van der Waals surface area contributed by atoms with E-state index in [1.807, 2.05) is 24.7 Å². The Morgan fingerprint density at radius 2 is 1.79 bits per heavy atom. The first-order chi connectivity index (χ1) is 9.22. The fourth-order valence-electron chi connectivity index (χ4n) is 2.23. The molecule has 2 aromatic heterocycles. The lowest BCUT2D eigenvalue weighted by Gasteiger charge is -2.06. The fraction of sp³-hybridized carbons (Fsp3) is 0.176. The Morgan fingerprint density at radius 1 is 0.895 bits per heavy atom. The second-order valence-electron chi connectivity index (χ2n) is 4.99. The summed E-state index contributed by atoms with van der Waals surface area (Å²) >= 11 is 0. The fourth-order valence-corrected chi connectivity index (χ4v) is 2.23. The molecule has 0 N–H and O–H groups in total. The zero-order chi connectivity index (χ0) is 13.2. The first-order valence-corrected chi connectivity index (χ1v) is 6.47. The van der Waals surface area contributed by atoms with Crippen molar-refractivity contribution in [2.75, 3.05) is 0 Å². The van der Waals surface area contributed by atoms with E-state index in [1.165, 1.54) is 27.5 Å². The van der Waals surface area contributed by atoms with E-state index in [2.05, 4.69) is 48.1 Å². The molecule has 0 saturated carbocycles. The van der Waals surface area contributed by atoms with Crippen molar-refractivity contribution in [2.24, 2.45) is 0 Å². The van der Waals surface area contributed by atoms with E-state index in [9.17, 15) is 0 Å². The Morgan fingerprint density at radius 3 is 2.63 bits per heavy atom. The SMILES string of the molecule is Cc1cnc(Cc2ccc3cnccc3c2)cc1C. The minimum atomic E-state index is 0.874. The maximum atomic E-state index is 4.50. The molecular weight excluding hydrogens is 232 g/mol. The summed E-state index contributed by atoms with van der Waals surface area (Å²) in [5.41, 5.74) is 4.95. The van der Waals surface area contributed by atoms with Gasteiger partial charge in [0.1, 0.15) is 0 Å². The van der Waals surface area contributed by atoms with Gasteiger partial charge in [-0.05, 0) is 48.1 Å². The molecule has 0 atom stereocenters. The molecule has 3 rings (SSSR count). The van der Waals surface area contributed by atoms with Crippen LogP contribution in [0.1, 0.15) is 22.4 Å². The van der Waals surface area contributed by atoms with Crippen molar-refractivity contribution in [3.63, 3.8) is 0 Å². The predicted molar refractivity (Wildman–Crippen MR) is 78.3 cm³/mol. The second-order valence-corrected chi connectivity index (χ2v) is 4.99. The summed E-state index contributed by atoms with van der Waals surface area (Å²) in [5.74, 6) is 0. The number of fused-ring (bicyclic) bond motifs is 1. The molecule has 0 aliphatic carbocycles. The van der Waals surface area contributed by atoms with Crippen LogP contribution in [-0.2, 0) is 6.42 Å². The van der Waals surface area contributed by atoms with Crippen LogP contribution >= 0.6 is 0 Å². The van der Waals surface area contributed by atoms with Crippen LogP contribution in [0, 0.1) is 13.8 Å². The zero-order valence-corrected chi connectivity index (χ0v) is 11.2. The summed E-state index contributed by atoms with van der Waals surface area (Å²) in [6, 6.07) is 10.7. The molecule has 2 heteroatoms. The normalized spacial score (nSPS) is 10.8. The van der Waals surface area contributed by atoms with Gasteiger partial charge in [0.15, 0.2) is 0 Å². The Kier molecular flexibility index (Phi) is 3.00. The smallest absolute Gasteiger partial charge is 0.0450 e. The van der Waals surface area contributed by atoms with E-state index in [4.69, 9.17) is 0 Å². The molecule has 0 fully saturated rings. The van der Waals surface area contributed by atoms with E-state index >= 15 is 0 Å². The van der Waals surface area contributed by atoms with Crippen LogP contribution in [0.4, 0.5) is 0 Å². The van der Waals surface area contributed by atoms with Crippen molar-refractivity contribution in [1.29, 1.82) is 0 Å². The lowest BCUT2D eigenvalue weighted by molar-refractivity contribution is 1.05. The van der Waals surface area contributed by atoms with Crippen LogP contribution in [-0.4, -0.2) is 9.97 Å². The van der Waals surface area contributed by atoms with Gasteiger partial charge in [-0.2, -0.15) is 0 Å². The van der Waals surface area contributed by atoms with Crippen LogP contribution in [0.25, 0.3) is 10.8 Å². The molecule has 0 spiro atoms. The quantitative estimate of drug-likeness (QED) is 0.688. The van der Waals surface area contributed by atoms with Gasteiger partial charge in [0, 0.05) is 36.1 Å². The van der Waals surface area contributed by atoms with Gasteiger partial charge in [-0.25, -0.2) is 0 Å². The third-order valence-corrected chi connectivity index (χ3v) is 3.52. The lowest BCUT2D eigenvalue weighted by atomic mass is 10.0. The maximum absolute atomic E-state index is 4.50. The summed E-state index contributed by atoms with van der Waals surface area (Å²) in [5, 5.41) is 2.41. The van der Waals surface area contributed by atoms with E-state index in [1.54, 1.807) is 0 Å². The first kappa shape index (κ1) is 11.8. The maximum Gasteiger partial charge on any atom is 0.0450 e. The number of aromatic nitrogens is 2. The molecule has 19 heavy (non-hydrogen) atoms. The van der Waals surface area contributed by atoms with Crippen molar-refractivity contribution in [3.8, 4) is 0 Å². The third-order valence-electron chi connectivity index (χ3n) is 3.52. The molecule has 94 valence electrons. The van der Waals surface area contributed by atoms with Gasteiger partial charge in [0.05, 0.1) is 0 Å². The largest absolute Gasteiger partial charge is 0.264 e. The summed E-state index contributed by atoms with van der Waals surface area (Å²) in [7, 11) is 0. The molecule has 0 aliphatic rings. The Bertz CT molecular complexity index is 732. The van der Waals surface area contributed by atoms with Crippen LogP contribution in [0.5, 0.6) is 0 Å². The van der Waals surface area contributed by atoms with E-state index in [-0.39, 0.29) is 0 Å². The number of hydrogen-bond acceptors (Lipinski definition) is 2. The van der Waals surface area contributed by atoms with Crippen molar-refractivity contribution in [1.82, 2.24) is 9.97 Å². The summed E-state index contributed by atoms with van der Waals surface area (Å²) < 4.78 is 0. The molecule has 2 nitrogen and oxygen atoms in total. The number of nitrogens with zero attached hydrogens (tertiary/aromatic N) is 2. The summed E-state index contributed by atoms with van der Waals surface area (Å²) in [4.78, 5) is 8.64. The highest BCUT2D eigenvalue weighted by Gasteiger charge is 2.01. The molecule has 0 amide bonds. The van der Waals surface area contributed by atoms with Crippen LogP contribution < -0.4 is 0 Å². The van der Waals surface area contributed by atoms with Gasteiger partial charge in [0.25, 0.3) is 0 Å². The standard InChI is InChI=1S/C17H16N2/c1-12-7-17(19-10-13(12)2)9-14-3-4-16-11-18-6-5-15(16)8-14/h3-8,10-11H,9H2,1-2H3. The highest BCUT2D eigenvalue weighted by Crippen LogP contribution is 2.17. The number of hydrogen-bond donors (Lipinski definition) is 0. The number of rotatable bonds is 2. The summed E-state index contributed by atoms with van der Waals surface area (Å²) in [6.45, 7) is 4.22. The molecule has 0 aliphatic heterocycles. The van der Waals surface area contributed by atoms with Gasteiger partial charge in [0.2, 0.25) is 0 Å². The molecular formula is C17H16N2. The lowest BCUT2D eigenvalue weighted by Crippen LogP contribution is -1.94. The Balaban J connectivity index is 1.94. The Labute approximate surface area is 113 Å². The van der Waals surface area contributed by atoms with Gasteiger partial charge in [-0.15, -0.1) is 0 Å². The van der Waals surface area contributed by atoms with E-state index in [0.717, 1.165) is 12.1 Å². The minimum absolute atomic E-state index is 0.874. The molecule has 0 bridgehead atoms. The highest BCUT2D eigenvalue weighted by molar-refractivity contribution is 5.82. The molecule has 1 aromatic carbocycles. The second kappa shape index (κ2) is 4.81. The molecule has 0 radical (unpaired) electrons. The molecule has 0 saturated heterocycles. The van der Waals surface area contributed by atoms with Gasteiger partial charge in [-0.3, -0.25) is 9.97 Å². The van der Waals surface area contributed by atoms with Crippen LogP contribution in [0.3, 0.4) is 0 Å². The predicted octanol–water partition coefficient (Wildman–Crippen LogP) is 3.84. The van der Waals surface area contributed by atoms with E-state index in [0.29, 0.717) is 0 Å². The first-order valence-electron chi connectivity index (χ1n) is 6.47. The number of pyridine rings is 2. The molecule has 2 heterocycles. The summed E-state index contributed by atoms with van der Waals surface area (Å²) in [6.07, 6.45) is 6.56. The van der Waals surface area contributed by atoms with Crippen molar-refractivity contribution >= 4 is 10.8 Å². The van der Waals surface area contributed by atoms with Gasteiger partial charge in [-0.1, -0.05) is 18.2 Å². The third kappa shape index (κ3) is 2.48. The van der Waals surface area contributed by atoms with Crippen molar-refractivity contribution in [2.45, 2.75) is 20.3 Å². The average Bonchev–Trinajstić information content (AvgIpc) is 2.43. The molecule has 3 aromatic rings. The zero-order valence-electron chi connectivity index (χ0n) is 11.2. The molecule has 0 unspecified atom stereocenters. The topological polar surface area (TPSA) is 25.8 Å².